The Kier molecular flexibility index (Phi) is 6.42. The molecule has 142 valence electrons. The lowest BCUT2D eigenvalue weighted by Crippen LogP contribution is -2.50. The van der Waals surface area contributed by atoms with Crippen LogP contribution in [0.4, 0.5) is 5.69 Å². The van der Waals surface area contributed by atoms with E-state index in [-0.39, 0.29) is 11.8 Å². The Balaban J connectivity index is 1.50. The predicted octanol–water partition coefficient (Wildman–Crippen LogP) is 2.69. The van der Waals surface area contributed by atoms with E-state index in [0.717, 1.165) is 17.7 Å². The number of nitrogens with one attached hydrogen (secondary N) is 1. The van der Waals surface area contributed by atoms with Crippen molar-refractivity contribution in [3.63, 3.8) is 0 Å². The zero-order chi connectivity index (χ0) is 19.2. The van der Waals surface area contributed by atoms with Gasteiger partial charge in [-0.2, -0.15) is 0 Å². The number of nitrogens with zero attached hydrogens (tertiary/aromatic N) is 3. The molecule has 3 rings (SSSR count). The van der Waals surface area contributed by atoms with E-state index >= 15 is 0 Å². The summed E-state index contributed by atoms with van der Waals surface area (Å²) in [6, 6.07) is 11.1. The lowest BCUT2D eigenvalue weighted by atomic mass is 10.1. The van der Waals surface area contributed by atoms with E-state index in [1.54, 1.807) is 17.0 Å². The molecule has 1 fully saturated rings. The van der Waals surface area contributed by atoms with Crippen molar-refractivity contribution in [2.45, 2.75) is 13.3 Å². The van der Waals surface area contributed by atoms with E-state index in [9.17, 15) is 9.59 Å². The summed E-state index contributed by atoms with van der Waals surface area (Å²) in [5.74, 6) is -0.0862. The summed E-state index contributed by atoms with van der Waals surface area (Å²) in [6.45, 7) is 4.87. The Bertz CT molecular complexity index is 819. The topological polar surface area (TPSA) is 65.5 Å². The fourth-order valence-electron chi connectivity index (χ4n) is 3.17. The first-order valence-corrected chi connectivity index (χ1v) is 9.45. The zero-order valence-electron chi connectivity index (χ0n) is 15.3. The minimum absolute atomic E-state index is 0.0309. The number of anilines is 1. The molecule has 1 aliphatic rings. The molecule has 0 spiro atoms. The van der Waals surface area contributed by atoms with Gasteiger partial charge < -0.3 is 10.2 Å². The highest BCUT2D eigenvalue weighted by atomic mass is 35.5. The number of piperazine rings is 1. The van der Waals surface area contributed by atoms with Crippen molar-refractivity contribution in [2.24, 2.45) is 0 Å². The van der Waals surface area contributed by atoms with Crippen LogP contribution in [0.15, 0.2) is 42.6 Å². The molecule has 0 radical (unpaired) electrons. The molecule has 1 N–H and O–H groups in total. The summed E-state index contributed by atoms with van der Waals surface area (Å²) in [5.41, 5.74) is 2.53. The maximum atomic E-state index is 12.5. The summed E-state index contributed by atoms with van der Waals surface area (Å²) in [6.07, 6.45) is 2.40. The third kappa shape index (κ3) is 5.05. The summed E-state index contributed by atoms with van der Waals surface area (Å²) in [4.78, 5) is 32.7. The molecule has 0 unspecified atom stereocenters. The van der Waals surface area contributed by atoms with Crippen molar-refractivity contribution in [1.29, 1.82) is 0 Å². The molecule has 7 heteroatoms. The fraction of sp³-hybridized carbons (Fsp3) is 0.350. The first-order valence-electron chi connectivity index (χ1n) is 9.07. The van der Waals surface area contributed by atoms with Gasteiger partial charge in [-0.05, 0) is 30.2 Å². The highest BCUT2D eigenvalue weighted by Gasteiger charge is 2.23. The van der Waals surface area contributed by atoms with Crippen molar-refractivity contribution in [2.75, 3.05) is 38.0 Å². The highest BCUT2D eigenvalue weighted by molar-refractivity contribution is 6.29. The van der Waals surface area contributed by atoms with Gasteiger partial charge in [0, 0.05) is 43.6 Å². The lowest BCUT2D eigenvalue weighted by Gasteiger charge is -2.34. The number of aromatic nitrogens is 1. The molecule has 0 saturated carbocycles. The first kappa shape index (κ1) is 19.3. The minimum Gasteiger partial charge on any atom is -0.336 e. The van der Waals surface area contributed by atoms with Crippen LogP contribution in [-0.2, 0) is 11.2 Å². The van der Waals surface area contributed by atoms with Crippen LogP contribution >= 0.6 is 11.6 Å². The van der Waals surface area contributed by atoms with Gasteiger partial charge in [0.2, 0.25) is 5.91 Å². The average Bonchev–Trinajstić information content (AvgIpc) is 2.68. The molecule has 2 heterocycles. The molecule has 0 bridgehead atoms. The van der Waals surface area contributed by atoms with E-state index in [1.807, 2.05) is 24.3 Å². The van der Waals surface area contributed by atoms with Gasteiger partial charge in [0.25, 0.3) is 5.91 Å². The van der Waals surface area contributed by atoms with E-state index in [1.165, 1.54) is 6.20 Å². The molecule has 1 saturated heterocycles. The molecule has 6 nitrogen and oxygen atoms in total. The molecule has 1 aromatic heterocycles. The van der Waals surface area contributed by atoms with Crippen LogP contribution in [-0.4, -0.2) is 59.3 Å². The smallest absolute Gasteiger partial charge is 0.254 e. The number of benzene rings is 1. The van der Waals surface area contributed by atoms with Crippen LogP contribution in [0.5, 0.6) is 0 Å². The molecule has 2 aromatic rings. The van der Waals surface area contributed by atoms with E-state index in [0.29, 0.717) is 43.4 Å². The predicted molar refractivity (Wildman–Crippen MR) is 106 cm³/mol. The first-order chi connectivity index (χ1) is 13.1. The number of carbonyl (C=O) groups excluding carboxylic acids is 2. The fourth-order valence-corrected chi connectivity index (χ4v) is 3.34. The van der Waals surface area contributed by atoms with Gasteiger partial charge in [-0.1, -0.05) is 36.7 Å². The van der Waals surface area contributed by atoms with Gasteiger partial charge in [0.1, 0.15) is 5.15 Å². The number of rotatable bonds is 5. The average molecular weight is 387 g/mol. The quantitative estimate of drug-likeness (QED) is 0.802. The SMILES string of the molecule is CCc1ccccc1NC(=O)CN1CCN(C(=O)c2ccnc(Cl)c2)CC1. The van der Waals surface area contributed by atoms with Crippen LogP contribution in [0.2, 0.25) is 5.15 Å². The molecule has 27 heavy (non-hydrogen) atoms. The van der Waals surface area contributed by atoms with E-state index in [2.05, 4.69) is 22.1 Å². The molecule has 2 amide bonds. The third-order valence-electron chi connectivity index (χ3n) is 4.67. The van der Waals surface area contributed by atoms with Crippen LogP contribution in [0.1, 0.15) is 22.8 Å². The second kappa shape index (κ2) is 8.97. The lowest BCUT2D eigenvalue weighted by molar-refractivity contribution is -0.117. The Hall–Kier alpha value is -2.44. The minimum atomic E-state index is -0.0553. The van der Waals surface area contributed by atoms with Crippen LogP contribution in [0.25, 0.3) is 0 Å². The van der Waals surface area contributed by atoms with Gasteiger partial charge in [-0.25, -0.2) is 4.98 Å². The Morgan fingerprint density at radius 2 is 1.89 bits per heavy atom. The second-order valence-electron chi connectivity index (χ2n) is 6.49. The Morgan fingerprint density at radius 3 is 2.59 bits per heavy atom. The van der Waals surface area contributed by atoms with Crippen LogP contribution in [0.3, 0.4) is 0 Å². The number of amides is 2. The van der Waals surface area contributed by atoms with Gasteiger partial charge in [0.15, 0.2) is 0 Å². The molecule has 1 aromatic carbocycles. The van der Waals surface area contributed by atoms with Gasteiger partial charge in [-0.3, -0.25) is 14.5 Å². The third-order valence-corrected chi connectivity index (χ3v) is 4.88. The summed E-state index contributed by atoms with van der Waals surface area (Å²) < 4.78 is 0. The van der Waals surface area contributed by atoms with E-state index < -0.39 is 0 Å². The molecular weight excluding hydrogens is 364 g/mol. The van der Waals surface area contributed by atoms with Crippen molar-refractivity contribution < 1.29 is 9.59 Å². The van der Waals surface area contributed by atoms with E-state index in [4.69, 9.17) is 11.6 Å². The number of aryl methyl sites for hydroxylation is 1. The largest absolute Gasteiger partial charge is 0.336 e. The number of hydrogen-bond donors (Lipinski definition) is 1. The molecule has 0 atom stereocenters. The van der Waals surface area contributed by atoms with Crippen molar-refractivity contribution in [1.82, 2.24) is 14.8 Å². The Morgan fingerprint density at radius 1 is 1.15 bits per heavy atom. The number of para-hydroxylation sites is 1. The summed E-state index contributed by atoms with van der Waals surface area (Å²) >= 11 is 5.86. The molecule has 1 aliphatic heterocycles. The maximum absolute atomic E-state index is 12.5. The van der Waals surface area contributed by atoms with Gasteiger partial charge in [-0.15, -0.1) is 0 Å². The highest BCUT2D eigenvalue weighted by Crippen LogP contribution is 2.16. The number of hydrogen-bond acceptors (Lipinski definition) is 4. The summed E-state index contributed by atoms with van der Waals surface area (Å²) in [7, 11) is 0. The van der Waals surface area contributed by atoms with Crippen molar-refractivity contribution in [3.8, 4) is 0 Å². The Labute approximate surface area is 164 Å². The molecule has 0 aliphatic carbocycles. The normalized spacial score (nSPS) is 14.8. The number of halogens is 1. The number of pyridine rings is 1. The summed E-state index contributed by atoms with van der Waals surface area (Å²) in [5, 5.41) is 3.30. The van der Waals surface area contributed by atoms with Gasteiger partial charge in [0.05, 0.1) is 6.54 Å². The number of carbonyl (C=O) groups is 2. The van der Waals surface area contributed by atoms with Crippen molar-refractivity contribution in [3.05, 3.63) is 58.9 Å². The maximum Gasteiger partial charge on any atom is 0.254 e. The second-order valence-corrected chi connectivity index (χ2v) is 6.88. The van der Waals surface area contributed by atoms with Gasteiger partial charge >= 0.3 is 0 Å². The van der Waals surface area contributed by atoms with Crippen molar-refractivity contribution >= 4 is 29.1 Å². The van der Waals surface area contributed by atoms with Crippen LogP contribution < -0.4 is 5.32 Å². The van der Waals surface area contributed by atoms with Crippen LogP contribution in [0, 0.1) is 0 Å². The standard InChI is InChI=1S/C20H23ClN4O2/c1-2-15-5-3-4-6-17(15)23-19(26)14-24-9-11-25(12-10-24)20(27)16-7-8-22-18(21)13-16/h3-8,13H,2,9-12,14H2,1H3,(H,23,26). The monoisotopic (exact) mass is 386 g/mol. The molecular formula is C20H23ClN4O2. The zero-order valence-corrected chi connectivity index (χ0v) is 16.1.